The molecule has 1 aromatic rings. The number of aliphatic hydroxyl groups is 1. The van der Waals surface area contributed by atoms with E-state index in [9.17, 15) is 10.1 Å². The molecule has 1 N–H and O–H groups in total. The minimum Gasteiger partial charge on any atom is -0.395 e. The van der Waals surface area contributed by atoms with Crippen molar-refractivity contribution in [2.24, 2.45) is 0 Å². The Kier molecular flexibility index (Phi) is 3.43. The number of nitro groups is 1. The Labute approximate surface area is 86.3 Å². The lowest BCUT2D eigenvalue weighted by molar-refractivity contribution is -0.384. The van der Waals surface area contributed by atoms with Gasteiger partial charge in [0.1, 0.15) is 5.02 Å². The fourth-order valence-corrected chi connectivity index (χ4v) is 1.43. The summed E-state index contributed by atoms with van der Waals surface area (Å²) in [6.07, 6.45) is 0. The first-order valence-electron chi connectivity index (χ1n) is 3.94. The van der Waals surface area contributed by atoms with E-state index in [1.54, 1.807) is 19.1 Å². The molecule has 75 valence electrons. The van der Waals surface area contributed by atoms with E-state index in [1.165, 1.54) is 6.07 Å². The Morgan fingerprint density at radius 1 is 1.64 bits per heavy atom. The molecule has 14 heavy (non-hydrogen) atoms. The zero-order valence-corrected chi connectivity index (χ0v) is 8.28. The van der Waals surface area contributed by atoms with Gasteiger partial charge in [-0.3, -0.25) is 10.1 Å². The van der Waals surface area contributed by atoms with Crippen molar-refractivity contribution in [3.05, 3.63) is 44.8 Å². The van der Waals surface area contributed by atoms with E-state index in [0.717, 1.165) is 0 Å². The van der Waals surface area contributed by atoms with Gasteiger partial charge in [0.05, 0.1) is 11.5 Å². The molecular weight excluding hydrogens is 206 g/mol. The van der Waals surface area contributed by atoms with Gasteiger partial charge < -0.3 is 5.11 Å². The zero-order chi connectivity index (χ0) is 10.7. The van der Waals surface area contributed by atoms with Crippen LogP contribution in [0.1, 0.15) is 12.5 Å². The van der Waals surface area contributed by atoms with Crippen LogP contribution in [0.5, 0.6) is 0 Å². The fraction of sp³-hybridized carbons (Fsp3) is 0.222. The minimum absolute atomic E-state index is 0.0732. The van der Waals surface area contributed by atoms with Gasteiger partial charge in [0, 0.05) is 12.0 Å². The van der Waals surface area contributed by atoms with Gasteiger partial charge in [-0.25, -0.2) is 0 Å². The number of halogens is 1. The van der Waals surface area contributed by atoms with Gasteiger partial charge in [-0.2, -0.15) is 0 Å². The van der Waals surface area contributed by atoms with Gasteiger partial charge in [-0.1, -0.05) is 30.7 Å². The summed E-state index contributed by atoms with van der Waals surface area (Å²) in [6.45, 7) is 1.51. The Morgan fingerprint density at radius 2 is 2.29 bits per heavy atom. The van der Waals surface area contributed by atoms with Gasteiger partial charge in [0.25, 0.3) is 5.69 Å². The predicted octanol–water partition coefficient (Wildman–Crippen LogP) is 2.18. The van der Waals surface area contributed by atoms with Crippen LogP contribution in [-0.4, -0.2) is 16.6 Å². The molecule has 0 aliphatic rings. The third-order valence-electron chi connectivity index (χ3n) is 1.87. The highest BCUT2D eigenvalue weighted by molar-refractivity contribution is 6.33. The normalized spacial score (nSPS) is 10.6. The molecule has 1 aromatic carbocycles. The molecule has 0 bridgehead atoms. The molecule has 0 amide bonds. The molecule has 1 radical (unpaired) electrons. The molecule has 4 nitrogen and oxygen atoms in total. The van der Waals surface area contributed by atoms with Crippen LogP contribution in [0, 0.1) is 16.0 Å². The second kappa shape index (κ2) is 4.39. The van der Waals surface area contributed by atoms with Crippen molar-refractivity contribution in [1.29, 1.82) is 0 Å². The summed E-state index contributed by atoms with van der Waals surface area (Å²) in [5, 5.41) is 19.5. The second-order valence-corrected chi connectivity index (χ2v) is 3.21. The maximum atomic E-state index is 10.5. The van der Waals surface area contributed by atoms with Crippen LogP contribution in [0.25, 0.3) is 0 Å². The van der Waals surface area contributed by atoms with Crippen LogP contribution in [0.15, 0.2) is 18.2 Å². The van der Waals surface area contributed by atoms with Crippen LogP contribution in [-0.2, 0) is 0 Å². The van der Waals surface area contributed by atoms with E-state index in [0.29, 0.717) is 11.5 Å². The molecule has 0 aliphatic heterocycles. The number of nitrogens with zero attached hydrogens (tertiary/aromatic N) is 1. The Morgan fingerprint density at radius 3 is 2.79 bits per heavy atom. The van der Waals surface area contributed by atoms with Crippen molar-refractivity contribution in [3.63, 3.8) is 0 Å². The van der Waals surface area contributed by atoms with Crippen LogP contribution in [0.3, 0.4) is 0 Å². The minimum atomic E-state index is -0.545. The van der Waals surface area contributed by atoms with Crippen molar-refractivity contribution in [1.82, 2.24) is 0 Å². The molecule has 1 rings (SSSR count). The second-order valence-electron chi connectivity index (χ2n) is 2.83. The molecule has 0 unspecified atom stereocenters. The summed E-state index contributed by atoms with van der Waals surface area (Å²) < 4.78 is 0. The van der Waals surface area contributed by atoms with Crippen molar-refractivity contribution in [2.75, 3.05) is 6.61 Å². The zero-order valence-electron chi connectivity index (χ0n) is 7.53. The van der Waals surface area contributed by atoms with Crippen LogP contribution in [0.2, 0.25) is 5.02 Å². The summed E-state index contributed by atoms with van der Waals surface area (Å²) >= 11 is 5.80. The molecule has 0 fully saturated rings. The van der Waals surface area contributed by atoms with E-state index in [-0.39, 0.29) is 17.3 Å². The molecule has 0 saturated heterocycles. The molecule has 0 aliphatic carbocycles. The maximum Gasteiger partial charge on any atom is 0.288 e. The van der Waals surface area contributed by atoms with E-state index >= 15 is 0 Å². The lowest BCUT2D eigenvalue weighted by Gasteiger charge is -2.09. The maximum absolute atomic E-state index is 10.5. The van der Waals surface area contributed by atoms with Crippen molar-refractivity contribution in [3.8, 4) is 0 Å². The highest BCUT2D eigenvalue weighted by Crippen LogP contribution is 2.31. The van der Waals surface area contributed by atoms with Gasteiger partial charge in [0.15, 0.2) is 0 Å². The topological polar surface area (TPSA) is 63.4 Å². The lowest BCUT2D eigenvalue weighted by atomic mass is 10.0. The number of hydrogen-bond acceptors (Lipinski definition) is 3. The first-order chi connectivity index (χ1) is 6.57. The average molecular weight is 215 g/mol. The largest absolute Gasteiger partial charge is 0.395 e. The third-order valence-corrected chi connectivity index (χ3v) is 2.27. The monoisotopic (exact) mass is 214 g/mol. The number of nitro benzene ring substituents is 1. The molecule has 0 aromatic heterocycles. The summed E-state index contributed by atoms with van der Waals surface area (Å²) in [4.78, 5) is 9.99. The number of benzene rings is 1. The Balaban J connectivity index is 3.20. The van der Waals surface area contributed by atoms with E-state index in [2.05, 4.69) is 0 Å². The first-order valence-corrected chi connectivity index (χ1v) is 4.32. The SMILES string of the molecule is C[C](CO)c1cccc([N+](=O)[O-])c1Cl. The van der Waals surface area contributed by atoms with Crippen molar-refractivity contribution < 1.29 is 10.0 Å². The highest BCUT2D eigenvalue weighted by atomic mass is 35.5. The molecular formula is C9H9ClNO3. The number of rotatable bonds is 3. The standard InChI is InChI=1S/C9H9ClNO3/c1-6(5-12)7-3-2-4-8(9(7)10)11(13)14/h2-4,12H,5H2,1H3. The molecule has 0 atom stereocenters. The van der Waals surface area contributed by atoms with E-state index in [4.69, 9.17) is 16.7 Å². The van der Waals surface area contributed by atoms with Gasteiger partial charge in [0.2, 0.25) is 0 Å². The van der Waals surface area contributed by atoms with Gasteiger partial charge >= 0.3 is 0 Å². The third kappa shape index (κ3) is 2.02. The smallest absolute Gasteiger partial charge is 0.288 e. The predicted molar refractivity (Wildman–Crippen MR) is 53.2 cm³/mol. The quantitative estimate of drug-likeness (QED) is 0.620. The summed E-state index contributed by atoms with van der Waals surface area (Å²) in [7, 11) is 0. The summed E-state index contributed by atoms with van der Waals surface area (Å²) in [5.74, 6) is 0.610. The highest BCUT2D eigenvalue weighted by Gasteiger charge is 2.18. The molecule has 5 heteroatoms. The van der Waals surface area contributed by atoms with Gasteiger partial charge in [-0.15, -0.1) is 0 Å². The summed E-state index contributed by atoms with van der Waals surface area (Å²) in [5.41, 5.74) is 0.375. The molecule has 0 saturated carbocycles. The summed E-state index contributed by atoms with van der Waals surface area (Å²) in [6, 6.07) is 4.51. The number of aliphatic hydroxyl groups excluding tert-OH is 1. The van der Waals surface area contributed by atoms with Crippen LogP contribution in [0.4, 0.5) is 5.69 Å². The molecule has 0 heterocycles. The Hall–Kier alpha value is -1.13. The Bertz CT molecular complexity index is 354. The number of hydrogen-bond donors (Lipinski definition) is 1. The fourth-order valence-electron chi connectivity index (χ4n) is 1.08. The lowest BCUT2D eigenvalue weighted by Crippen LogP contribution is -2.02. The van der Waals surface area contributed by atoms with Gasteiger partial charge in [-0.05, 0) is 5.56 Å². The first kappa shape index (κ1) is 10.9. The van der Waals surface area contributed by atoms with Crippen LogP contribution < -0.4 is 0 Å². The van der Waals surface area contributed by atoms with E-state index < -0.39 is 4.92 Å². The molecule has 0 spiro atoms. The van der Waals surface area contributed by atoms with Crippen molar-refractivity contribution in [2.45, 2.75) is 6.92 Å². The van der Waals surface area contributed by atoms with Crippen molar-refractivity contribution >= 4 is 17.3 Å². The van der Waals surface area contributed by atoms with Crippen LogP contribution >= 0.6 is 11.6 Å². The average Bonchev–Trinajstić information content (AvgIpc) is 2.16. The van der Waals surface area contributed by atoms with E-state index in [1.807, 2.05) is 0 Å².